The van der Waals surface area contributed by atoms with Gasteiger partial charge in [0.05, 0.1) is 16.3 Å². The summed E-state index contributed by atoms with van der Waals surface area (Å²) in [6.07, 6.45) is -1.31. The van der Waals surface area contributed by atoms with Crippen molar-refractivity contribution in [2.45, 2.75) is 38.5 Å². The third kappa shape index (κ3) is 7.87. The fourth-order valence-electron chi connectivity index (χ4n) is 3.12. The van der Waals surface area contributed by atoms with Gasteiger partial charge in [-0.1, -0.05) is 11.6 Å². The number of nitrogens with zero attached hydrogens (tertiary/aromatic N) is 2. The number of ether oxygens (including phenoxy) is 1. The Morgan fingerprint density at radius 2 is 2.06 bits per heavy atom. The Kier molecular flexibility index (Phi) is 8.08. The number of hydrogen-bond acceptors (Lipinski definition) is 6. The van der Waals surface area contributed by atoms with Gasteiger partial charge in [-0.2, -0.15) is 13.2 Å². The van der Waals surface area contributed by atoms with E-state index in [1.54, 1.807) is 12.3 Å². The summed E-state index contributed by atoms with van der Waals surface area (Å²) in [6, 6.07) is 7.39. The van der Waals surface area contributed by atoms with E-state index in [-0.39, 0.29) is 5.60 Å². The highest BCUT2D eigenvalue weighted by molar-refractivity contribution is 6.33. The molecule has 7 nitrogen and oxygen atoms in total. The minimum Gasteiger partial charge on any atom is -0.475 e. The minimum absolute atomic E-state index is 0.0439. The van der Waals surface area contributed by atoms with Crippen LogP contribution in [0.25, 0.3) is 11.3 Å². The molecular formula is C20H24ClF3N4O3. The molecular weight excluding hydrogens is 437 g/mol. The lowest BCUT2D eigenvalue weighted by Gasteiger charge is -2.35. The van der Waals surface area contributed by atoms with Crippen LogP contribution in [0.5, 0.6) is 0 Å². The SMILES string of the molecule is CC1(C)C[C@H](CNc2ccc(Cl)c(-c3ccnc(N)c3)n2)CCO1.O=C(O)C(F)(F)F. The molecule has 1 fully saturated rings. The smallest absolute Gasteiger partial charge is 0.475 e. The zero-order valence-electron chi connectivity index (χ0n) is 17.0. The lowest BCUT2D eigenvalue weighted by molar-refractivity contribution is -0.192. The van der Waals surface area contributed by atoms with Crippen molar-refractivity contribution in [3.05, 3.63) is 35.5 Å². The first kappa shape index (κ1) is 24.7. The molecule has 0 unspecified atom stereocenters. The zero-order chi connectivity index (χ0) is 23.2. The maximum absolute atomic E-state index is 10.6. The van der Waals surface area contributed by atoms with Crippen LogP contribution >= 0.6 is 11.6 Å². The lowest BCUT2D eigenvalue weighted by Crippen LogP contribution is -2.36. The summed E-state index contributed by atoms with van der Waals surface area (Å²) in [7, 11) is 0. The Labute approximate surface area is 182 Å². The van der Waals surface area contributed by atoms with Crippen LogP contribution in [0.15, 0.2) is 30.5 Å². The molecule has 0 amide bonds. The second-order valence-electron chi connectivity index (χ2n) is 7.65. The molecule has 31 heavy (non-hydrogen) atoms. The van der Waals surface area contributed by atoms with E-state index in [0.29, 0.717) is 22.5 Å². The predicted molar refractivity (Wildman–Crippen MR) is 112 cm³/mol. The number of carbonyl (C=O) groups is 1. The van der Waals surface area contributed by atoms with Gasteiger partial charge in [0.1, 0.15) is 11.6 Å². The number of nitrogens with two attached hydrogens (primary N) is 1. The van der Waals surface area contributed by atoms with Crippen molar-refractivity contribution in [2.24, 2.45) is 5.92 Å². The Balaban J connectivity index is 0.000000423. The normalized spacial score (nSPS) is 17.9. The second-order valence-corrected chi connectivity index (χ2v) is 8.05. The van der Waals surface area contributed by atoms with Gasteiger partial charge in [0, 0.05) is 24.9 Å². The highest BCUT2D eigenvalue weighted by atomic mass is 35.5. The number of carboxylic acids is 1. The van der Waals surface area contributed by atoms with E-state index in [1.165, 1.54) is 0 Å². The fourth-order valence-corrected chi connectivity index (χ4v) is 3.33. The van der Waals surface area contributed by atoms with Crippen molar-refractivity contribution in [1.82, 2.24) is 9.97 Å². The number of aromatic nitrogens is 2. The van der Waals surface area contributed by atoms with E-state index >= 15 is 0 Å². The number of carboxylic acid groups (broad SMARTS) is 1. The molecule has 0 spiro atoms. The van der Waals surface area contributed by atoms with Gasteiger partial charge in [-0.3, -0.25) is 0 Å². The van der Waals surface area contributed by atoms with Gasteiger partial charge in [-0.05, 0) is 56.9 Å². The van der Waals surface area contributed by atoms with Gasteiger partial charge in [-0.25, -0.2) is 14.8 Å². The van der Waals surface area contributed by atoms with E-state index in [2.05, 4.69) is 29.1 Å². The monoisotopic (exact) mass is 460 g/mol. The van der Waals surface area contributed by atoms with Crippen molar-refractivity contribution in [3.8, 4) is 11.3 Å². The average molecular weight is 461 g/mol. The van der Waals surface area contributed by atoms with Crippen LogP contribution in [0.3, 0.4) is 0 Å². The standard InChI is InChI=1S/C18H23ClN4O.C2HF3O2/c1-18(2)10-12(6-8-24-18)11-22-16-4-3-14(19)17(23-16)13-5-7-21-15(20)9-13;3-2(4,5)1(6)7/h3-5,7,9,12H,6,8,10-11H2,1-2H3,(H2,20,21)(H,22,23);(H,6,7)/t12-;/m1./s1. The number of halogens is 4. The van der Waals surface area contributed by atoms with E-state index in [1.807, 2.05) is 18.2 Å². The van der Waals surface area contributed by atoms with Gasteiger partial charge in [0.2, 0.25) is 0 Å². The first-order valence-corrected chi connectivity index (χ1v) is 9.81. The van der Waals surface area contributed by atoms with Crippen LogP contribution in [0.1, 0.15) is 26.7 Å². The summed E-state index contributed by atoms with van der Waals surface area (Å²) in [5.74, 6) is -0.916. The highest BCUT2D eigenvalue weighted by Crippen LogP contribution is 2.30. The molecule has 4 N–H and O–H groups in total. The van der Waals surface area contributed by atoms with Crippen molar-refractivity contribution in [2.75, 3.05) is 24.2 Å². The third-order valence-corrected chi connectivity index (χ3v) is 4.82. The molecule has 1 atom stereocenters. The van der Waals surface area contributed by atoms with Crippen LogP contribution in [0, 0.1) is 5.92 Å². The van der Waals surface area contributed by atoms with Crippen LogP contribution in [-0.4, -0.2) is 46.0 Å². The summed E-state index contributed by atoms with van der Waals surface area (Å²) in [6.45, 7) is 5.98. The number of alkyl halides is 3. The van der Waals surface area contributed by atoms with Crippen molar-refractivity contribution in [1.29, 1.82) is 0 Å². The molecule has 3 rings (SSSR count). The molecule has 11 heteroatoms. The largest absolute Gasteiger partial charge is 0.490 e. The quantitative estimate of drug-likeness (QED) is 0.610. The lowest BCUT2D eigenvalue weighted by atomic mass is 9.88. The maximum atomic E-state index is 10.6. The van der Waals surface area contributed by atoms with Gasteiger partial charge < -0.3 is 20.9 Å². The number of nitrogens with one attached hydrogen (secondary N) is 1. The van der Waals surface area contributed by atoms with Crippen LogP contribution in [0.2, 0.25) is 5.02 Å². The van der Waals surface area contributed by atoms with Crippen LogP contribution in [-0.2, 0) is 9.53 Å². The number of pyridine rings is 2. The van der Waals surface area contributed by atoms with Crippen LogP contribution in [0.4, 0.5) is 24.8 Å². The Morgan fingerprint density at radius 1 is 1.39 bits per heavy atom. The van der Waals surface area contributed by atoms with E-state index in [0.717, 1.165) is 37.4 Å². The van der Waals surface area contributed by atoms with Gasteiger partial charge in [-0.15, -0.1) is 0 Å². The first-order chi connectivity index (χ1) is 14.4. The minimum atomic E-state index is -5.08. The molecule has 2 aromatic heterocycles. The molecule has 1 aliphatic heterocycles. The van der Waals surface area contributed by atoms with Crippen molar-refractivity contribution in [3.63, 3.8) is 0 Å². The molecule has 1 saturated heterocycles. The molecule has 0 saturated carbocycles. The fraction of sp³-hybridized carbons (Fsp3) is 0.450. The van der Waals surface area contributed by atoms with Gasteiger partial charge in [0.25, 0.3) is 0 Å². The molecule has 0 radical (unpaired) electrons. The van der Waals surface area contributed by atoms with E-state index in [9.17, 15) is 13.2 Å². The number of aliphatic carboxylic acids is 1. The maximum Gasteiger partial charge on any atom is 0.490 e. The van der Waals surface area contributed by atoms with Gasteiger partial charge >= 0.3 is 12.1 Å². The summed E-state index contributed by atoms with van der Waals surface area (Å²) < 4.78 is 37.5. The molecule has 2 aromatic rings. The Bertz CT molecular complexity index is 909. The number of nitrogen functional groups attached to an aromatic ring is 1. The molecule has 0 bridgehead atoms. The van der Waals surface area contributed by atoms with Gasteiger partial charge in [0.15, 0.2) is 0 Å². The summed E-state index contributed by atoms with van der Waals surface area (Å²) in [5, 5.41) is 11.2. The Morgan fingerprint density at radius 3 is 2.65 bits per heavy atom. The Hall–Kier alpha value is -2.59. The second kappa shape index (κ2) is 10.1. The highest BCUT2D eigenvalue weighted by Gasteiger charge is 2.38. The van der Waals surface area contributed by atoms with Crippen molar-refractivity contribution >= 4 is 29.2 Å². The number of anilines is 2. The van der Waals surface area contributed by atoms with E-state index in [4.69, 9.17) is 32.0 Å². The van der Waals surface area contributed by atoms with Crippen molar-refractivity contribution < 1.29 is 27.8 Å². The molecule has 0 aliphatic carbocycles. The first-order valence-electron chi connectivity index (χ1n) is 9.44. The molecule has 0 aromatic carbocycles. The molecule has 3 heterocycles. The summed E-state index contributed by atoms with van der Waals surface area (Å²) in [5.41, 5.74) is 7.29. The number of rotatable bonds is 4. The molecule has 1 aliphatic rings. The predicted octanol–water partition coefficient (Wildman–Crippen LogP) is 4.63. The average Bonchev–Trinajstić information content (AvgIpc) is 2.66. The zero-order valence-corrected chi connectivity index (χ0v) is 17.8. The topological polar surface area (TPSA) is 110 Å². The summed E-state index contributed by atoms with van der Waals surface area (Å²) in [4.78, 5) is 17.6. The number of hydrogen-bond donors (Lipinski definition) is 3. The van der Waals surface area contributed by atoms with Crippen LogP contribution < -0.4 is 11.1 Å². The van der Waals surface area contributed by atoms with E-state index < -0.39 is 12.1 Å². The third-order valence-electron chi connectivity index (χ3n) is 4.51. The molecule has 170 valence electrons. The summed E-state index contributed by atoms with van der Waals surface area (Å²) >= 11 is 6.30.